The molecule has 0 bridgehead atoms. The van der Waals surface area contributed by atoms with E-state index in [9.17, 15) is 0 Å². The largest absolute Gasteiger partial charge is 0.493 e. The quantitative estimate of drug-likeness (QED) is 0.786. The average Bonchev–Trinajstić information content (AvgIpc) is 2.48. The van der Waals surface area contributed by atoms with Gasteiger partial charge in [0.2, 0.25) is 0 Å². The molecule has 2 aromatic rings. The van der Waals surface area contributed by atoms with Gasteiger partial charge in [-0.1, -0.05) is 44.2 Å². The van der Waals surface area contributed by atoms with Gasteiger partial charge in [0.1, 0.15) is 5.75 Å². The molecular formula is C19H25NO. The molecule has 0 fully saturated rings. The zero-order chi connectivity index (χ0) is 15.2. The van der Waals surface area contributed by atoms with Crippen LogP contribution in [0.4, 0.5) is 5.69 Å². The second-order valence-electron chi connectivity index (χ2n) is 5.95. The number of rotatable bonds is 6. The van der Waals surface area contributed by atoms with Gasteiger partial charge in [-0.25, -0.2) is 0 Å². The van der Waals surface area contributed by atoms with Gasteiger partial charge < -0.3 is 10.1 Å². The highest BCUT2D eigenvalue weighted by Gasteiger charge is 2.07. The molecule has 2 aromatic carbocycles. The Hall–Kier alpha value is -1.96. The average molecular weight is 283 g/mol. The minimum absolute atomic E-state index is 0.269. The molecule has 0 spiro atoms. The summed E-state index contributed by atoms with van der Waals surface area (Å²) in [5.74, 6) is 1.49. The fourth-order valence-electron chi connectivity index (χ4n) is 2.17. The van der Waals surface area contributed by atoms with Crippen molar-refractivity contribution in [1.82, 2.24) is 0 Å². The van der Waals surface area contributed by atoms with Crippen molar-refractivity contribution in [3.8, 4) is 5.75 Å². The fraction of sp³-hybridized carbons (Fsp3) is 0.368. The van der Waals surface area contributed by atoms with Gasteiger partial charge in [0.15, 0.2) is 0 Å². The van der Waals surface area contributed by atoms with Gasteiger partial charge in [-0.15, -0.1) is 0 Å². The smallest absolute Gasteiger partial charge is 0.119 e. The van der Waals surface area contributed by atoms with Crippen LogP contribution < -0.4 is 10.1 Å². The Morgan fingerprint density at radius 3 is 2.24 bits per heavy atom. The first kappa shape index (κ1) is 15.4. The number of ether oxygens (including phenoxy) is 1. The zero-order valence-electron chi connectivity index (χ0n) is 13.4. The van der Waals surface area contributed by atoms with E-state index in [1.807, 2.05) is 12.1 Å². The third-order valence-corrected chi connectivity index (χ3v) is 3.48. The molecule has 0 aliphatic heterocycles. The van der Waals surface area contributed by atoms with E-state index in [1.54, 1.807) is 0 Å². The van der Waals surface area contributed by atoms with Crippen molar-refractivity contribution in [2.75, 3.05) is 11.9 Å². The van der Waals surface area contributed by atoms with Crippen LogP contribution in [0.1, 0.15) is 37.9 Å². The Kier molecular flexibility index (Phi) is 5.26. The van der Waals surface area contributed by atoms with Crippen molar-refractivity contribution in [1.29, 1.82) is 0 Å². The van der Waals surface area contributed by atoms with Crippen LogP contribution in [0.25, 0.3) is 0 Å². The van der Waals surface area contributed by atoms with Crippen LogP contribution in [-0.4, -0.2) is 6.61 Å². The molecular weight excluding hydrogens is 258 g/mol. The van der Waals surface area contributed by atoms with Gasteiger partial charge in [-0.05, 0) is 49.1 Å². The Morgan fingerprint density at radius 2 is 1.62 bits per heavy atom. The highest BCUT2D eigenvalue weighted by Crippen LogP contribution is 2.23. The minimum atomic E-state index is 0.269. The Balaban J connectivity index is 2.00. The molecule has 21 heavy (non-hydrogen) atoms. The van der Waals surface area contributed by atoms with Gasteiger partial charge >= 0.3 is 0 Å². The zero-order valence-corrected chi connectivity index (χ0v) is 13.4. The molecule has 2 rings (SSSR count). The maximum atomic E-state index is 5.72. The molecule has 0 radical (unpaired) electrons. The summed E-state index contributed by atoms with van der Waals surface area (Å²) >= 11 is 0. The number of anilines is 1. The summed E-state index contributed by atoms with van der Waals surface area (Å²) in [5, 5.41) is 3.56. The summed E-state index contributed by atoms with van der Waals surface area (Å²) in [6.45, 7) is 9.37. The SMILES string of the molecule is Cc1ccccc1NC(C)c1ccc(OCC(C)C)cc1. The lowest BCUT2D eigenvalue weighted by Gasteiger charge is -2.18. The van der Waals surface area contributed by atoms with Crippen LogP contribution in [0, 0.1) is 12.8 Å². The highest BCUT2D eigenvalue weighted by atomic mass is 16.5. The Morgan fingerprint density at radius 1 is 0.952 bits per heavy atom. The summed E-state index contributed by atoms with van der Waals surface area (Å²) in [4.78, 5) is 0. The summed E-state index contributed by atoms with van der Waals surface area (Å²) < 4.78 is 5.72. The Bertz CT molecular complexity index is 560. The van der Waals surface area contributed by atoms with Crippen LogP contribution in [-0.2, 0) is 0 Å². The molecule has 2 heteroatoms. The molecule has 2 nitrogen and oxygen atoms in total. The maximum absolute atomic E-state index is 5.72. The Labute approximate surface area is 128 Å². The van der Waals surface area contributed by atoms with Gasteiger partial charge in [-0.2, -0.15) is 0 Å². The molecule has 0 aromatic heterocycles. The lowest BCUT2D eigenvalue weighted by atomic mass is 10.1. The van der Waals surface area contributed by atoms with Gasteiger partial charge in [0.25, 0.3) is 0 Å². The van der Waals surface area contributed by atoms with Crippen molar-refractivity contribution in [3.05, 3.63) is 59.7 Å². The summed E-state index contributed by atoms with van der Waals surface area (Å²) in [6.07, 6.45) is 0. The van der Waals surface area contributed by atoms with E-state index in [0.717, 1.165) is 12.4 Å². The van der Waals surface area contributed by atoms with Crippen LogP contribution in [0.5, 0.6) is 5.75 Å². The molecule has 1 unspecified atom stereocenters. The molecule has 0 saturated heterocycles. The summed E-state index contributed by atoms with van der Waals surface area (Å²) in [5.41, 5.74) is 3.71. The van der Waals surface area contributed by atoms with Crippen LogP contribution in [0.2, 0.25) is 0 Å². The normalized spacial score (nSPS) is 12.2. The lowest BCUT2D eigenvalue weighted by molar-refractivity contribution is 0.271. The van der Waals surface area contributed by atoms with Crippen molar-refractivity contribution in [3.63, 3.8) is 0 Å². The van der Waals surface area contributed by atoms with E-state index in [4.69, 9.17) is 4.74 Å². The van der Waals surface area contributed by atoms with Gasteiger partial charge in [0.05, 0.1) is 6.61 Å². The monoisotopic (exact) mass is 283 g/mol. The van der Waals surface area contributed by atoms with Crippen LogP contribution in [0.3, 0.4) is 0 Å². The second-order valence-corrected chi connectivity index (χ2v) is 5.95. The molecule has 0 aliphatic carbocycles. The first-order chi connectivity index (χ1) is 10.1. The number of benzene rings is 2. The van der Waals surface area contributed by atoms with E-state index in [1.165, 1.54) is 16.8 Å². The number of para-hydroxylation sites is 1. The fourth-order valence-corrected chi connectivity index (χ4v) is 2.17. The number of nitrogens with one attached hydrogen (secondary N) is 1. The first-order valence-electron chi connectivity index (χ1n) is 7.61. The number of hydrogen-bond donors (Lipinski definition) is 1. The second kappa shape index (κ2) is 7.16. The molecule has 1 N–H and O–H groups in total. The molecule has 0 amide bonds. The molecule has 0 heterocycles. The predicted molar refractivity (Wildman–Crippen MR) is 90.0 cm³/mol. The first-order valence-corrected chi connectivity index (χ1v) is 7.61. The third kappa shape index (κ3) is 4.52. The highest BCUT2D eigenvalue weighted by molar-refractivity contribution is 5.51. The molecule has 1 atom stereocenters. The van der Waals surface area contributed by atoms with Crippen LogP contribution in [0.15, 0.2) is 48.5 Å². The van der Waals surface area contributed by atoms with E-state index in [0.29, 0.717) is 5.92 Å². The van der Waals surface area contributed by atoms with E-state index < -0.39 is 0 Å². The third-order valence-electron chi connectivity index (χ3n) is 3.48. The maximum Gasteiger partial charge on any atom is 0.119 e. The standard InChI is InChI=1S/C19H25NO/c1-14(2)13-21-18-11-9-17(10-12-18)16(4)20-19-8-6-5-7-15(19)3/h5-12,14,16,20H,13H2,1-4H3. The van der Waals surface area contributed by atoms with Crippen LogP contribution >= 0.6 is 0 Å². The van der Waals surface area contributed by atoms with Gasteiger partial charge in [0, 0.05) is 11.7 Å². The topological polar surface area (TPSA) is 21.3 Å². The lowest BCUT2D eigenvalue weighted by Crippen LogP contribution is -2.08. The summed E-state index contributed by atoms with van der Waals surface area (Å²) in [6, 6.07) is 17.0. The van der Waals surface area contributed by atoms with Crippen molar-refractivity contribution in [2.45, 2.75) is 33.7 Å². The number of aryl methyl sites for hydroxylation is 1. The van der Waals surface area contributed by atoms with Gasteiger partial charge in [-0.3, -0.25) is 0 Å². The van der Waals surface area contributed by atoms with Crippen molar-refractivity contribution < 1.29 is 4.74 Å². The molecule has 112 valence electrons. The minimum Gasteiger partial charge on any atom is -0.493 e. The van der Waals surface area contributed by atoms with E-state index in [2.05, 4.69) is 69.4 Å². The predicted octanol–water partition coefficient (Wildman–Crippen LogP) is 5.20. The number of hydrogen-bond acceptors (Lipinski definition) is 2. The molecule has 0 saturated carbocycles. The summed E-state index contributed by atoms with van der Waals surface area (Å²) in [7, 11) is 0. The molecule has 0 aliphatic rings. The van der Waals surface area contributed by atoms with E-state index in [-0.39, 0.29) is 6.04 Å². The van der Waals surface area contributed by atoms with Crippen molar-refractivity contribution >= 4 is 5.69 Å². The van der Waals surface area contributed by atoms with E-state index >= 15 is 0 Å². The van der Waals surface area contributed by atoms with Crippen molar-refractivity contribution in [2.24, 2.45) is 5.92 Å².